The molecule has 0 spiro atoms. The number of hydrogen-bond acceptors (Lipinski definition) is 6. The quantitative estimate of drug-likeness (QED) is 0.633. The number of ketones is 1. The summed E-state index contributed by atoms with van der Waals surface area (Å²) >= 11 is 1.59. The van der Waals surface area contributed by atoms with Crippen molar-refractivity contribution in [2.24, 2.45) is 0 Å². The first kappa shape index (κ1) is 22.1. The predicted octanol–water partition coefficient (Wildman–Crippen LogP) is 5.18. The van der Waals surface area contributed by atoms with Gasteiger partial charge in [0.05, 0.1) is 12.7 Å². The molecule has 2 atom stereocenters. The Labute approximate surface area is 186 Å². The van der Waals surface area contributed by atoms with E-state index in [-0.39, 0.29) is 23.0 Å². The highest BCUT2D eigenvalue weighted by Gasteiger charge is 2.41. The first-order chi connectivity index (χ1) is 15.2. The summed E-state index contributed by atoms with van der Waals surface area (Å²) in [6.07, 6.45) is -3.92. The first-order valence-electron chi connectivity index (χ1n) is 9.89. The number of allylic oxidation sites excluding steroid dienone is 3. The third-order valence-electron chi connectivity index (χ3n) is 5.63. The van der Waals surface area contributed by atoms with E-state index in [1.165, 1.54) is 31.4 Å². The monoisotopic (exact) mass is 463 g/mol. The van der Waals surface area contributed by atoms with Crippen molar-refractivity contribution in [2.75, 3.05) is 7.11 Å². The van der Waals surface area contributed by atoms with Gasteiger partial charge in [0.2, 0.25) is 0 Å². The second kappa shape index (κ2) is 8.46. The number of ether oxygens (including phenoxy) is 2. The number of thiophene rings is 1. The lowest BCUT2D eigenvalue weighted by atomic mass is 9.72. The zero-order valence-electron chi connectivity index (χ0n) is 17.3. The Bertz CT molecular complexity index is 1100. The Morgan fingerprint density at radius 3 is 2.47 bits per heavy atom. The average molecular weight is 463 g/mol. The summed E-state index contributed by atoms with van der Waals surface area (Å²) < 4.78 is 46.5. The number of methoxy groups -OCH3 is 1. The van der Waals surface area contributed by atoms with Crippen LogP contribution in [0.15, 0.2) is 64.3 Å². The lowest BCUT2D eigenvalue weighted by molar-refractivity contribution is -0.274. The second-order valence-electron chi connectivity index (χ2n) is 7.64. The molecule has 1 aromatic carbocycles. The van der Waals surface area contributed by atoms with Gasteiger partial charge in [0.25, 0.3) is 0 Å². The van der Waals surface area contributed by atoms with Gasteiger partial charge in [-0.05, 0) is 42.5 Å². The molecular formula is C23H20F3NO4S. The molecule has 0 saturated heterocycles. The summed E-state index contributed by atoms with van der Waals surface area (Å²) in [7, 11) is 1.25. The minimum absolute atomic E-state index is 0.0319. The van der Waals surface area contributed by atoms with Gasteiger partial charge < -0.3 is 14.8 Å². The molecule has 4 rings (SSSR count). The van der Waals surface area contributed by atoms with E-state index in [2.05, 4.69) is 10.1 Å². The molecule has 0 amide bonds. The number of halogens is 3. The van der Waals surface area contributed by atoms with Crippen LogP contribution in [0.2, 0.25) is 0 Å². The molecule has 1 aliphatic carbocycles. The maximum absolute atomic E-state index is 13.3. The molecule has 0 fully saturated rings. The number of rotatable bonds is 4. The van der Waals surface area contributed by atoms with Crippen LogP contribution in [0.1, 0.15) is 42.0 Å². The fourth-order valence-electron chi connectivity index (χ4n) is 4.34. The first-order valence-corrected chi connectivity index (χ1v) is 10.8. The Kier molecular flexibility index (Phi) is 5.85. The van der Waals surface area contributed by atoms with Crippen LogP contribution >= 0.6 is 11.3 Å². The highest BCUT2D eigenvalue weighted by molar-refractivity contribution is 7.10. The molecule has 2 aliphatic rings. The number of alkyl halides is 3. The molecule has 2 aromatic rings. The Morgan fingerprint density at radius 1 is 1.16 bits per heavy atom. The van der Waals surface area contributed by atoms with Crippen LogP contribution in [0, 0.1) is 0 Å². The summed E-state index contributed by atoms with van der Waals surface area (Å²) in [4.78, 5) is 27.0. The topological polar surface area (TPSA) is 64.6 Å². The number of carbonyl (C=O) groups is 2. The van der Waals surface area contributed by atoms with Gasteiger partial charge in [-0.15, -0.1) is 24.5 Å². The molecule has 0 bridgehead atoms. The largest absolute Gasteiger partial charge is 0.573 e. The van der Waals surface area contributed by atoms with Gasteiger partial charge in [0.1, 0.15) is 5.75 Å². The van der Waals surface area contributed by atoms with Crippen molar-refractivity contribution < 1.29 is 32.2 Å². The molecule has 0 radical (unpaired) electrons. The lowest BCUT2D eigenvalue weighted by Gasteiger charge is -2.36. The van der Waals surface area contributed by atoms with Crippen LogP contribution in [0.4, 0.5) is 13.2 Å². The van der Waals surface area contributed by atoms with Crippen LogP contribution in [-0.4, -0.2) is 25.2 Å². The van der Waals surface area contributed by atoms with Crippen LogP contribution in [0.5, 0.6) is 5.75 Å². The van der Waals surface area contributed by atoms with E-state index < -0.39 is 18.2 Å². The van der Waals surface area contributed by atoms with Crippen molar-refractivity contribution >= 4 is 23.1 Å². The number of benzene rings is 1. The molecule has 1 N–H and O–H groups in total. The molecule has 5 nitrogen and oxygen atoms in total. The predicted molar refractivity (Wildman–Crippen MR) is 112 cm³/mol. The Hall–Kier alpha value is -3.07. The Morgan fingerprint density at radius 2 is 1.88 bits per heavy atom. The summed E-state index contributed by atoms with van der Waals surface area (Å²) in [5.74, 6) is -1.79. The smallest absolute Gasteiger partial charge is 0.466 e. The third-order valence-corrected chi connectivity index (χ3v) is 6.66. The van der Waals surface area contributed by atoms with Crippen molar-refractivity contribution in [1.29, 1.82) is 0 Å². The van der Waals surface area contributed by atoms with Gasteiger partial charge in [-0.1, -0.05) is 18.2 Å². The molecule has 0 unspecified atom stereocenters. The molecule has 32 heavy (non-hydrogen) atoms. The molecule has 2 heterocycles. The van der Waals surface area contributed by atoms with Crippen molar-refractivity contribution in [3.05, 3.63) is 74.8 Å². The Balaban J connectivity index is 1.76. The maximum atomic E-state index is 13.3. The maximum Gasteiger partial charge on any atom is 0.573 e. The minimum Gasteiger partial charge on any atom is -0.466 e. The van der Waals surface area contributed by atoms with Crippen molar-refractivity contribution in [3.63, 3.8) is 0 Å². The fourth-order valence-corrected chi connectivity index (χ4v) is 5.17. The summed E-state index contributed by atoms with van der Waals surface area (Å²) in [5, 5.41) is 5.18. The zero-order chi connectivity index (χ0) is 23.0. The van der Waals surface area contributed by atoms with Crippen LogP contribution in [0.3, 0.4) is 0 Å². The van der Waals surface area contributed by atoms with Gasteiger partial charge >= 0.3 is 12.3 Å². The van der Waals surface area contributed by atoms with Crippen LogP contribution < -0.4 is 10.1 Å². The molecule has 168 valence electrons. The molecule has 1 aromatic heterocycles. The number of nitrogens with one attached hydrogen (secondary N) is 1. The van der Waals surface area contributed by atoms with Crippen LogP contribution in [0.25, 0.3) is 0 Å². The van der Waals surface area contributed by atoms with E-state index in [0.29, 0.717) is 29.7 Å². The number of hydrogen-bond donors (Lipinski definition) is 1. The summed E-state index contributed by atoms with van der Waals surface area (Å²) in [6.45, 7) is 1.73. The molecule has 1 aliphatic heterocycles. The van der Waals surface area contributed by atoms with Gasteiger partial charge in [0, 0.05) is 40.1 Å². The van der Waals surface area contributed by atoms with Gasteiger partial charge in [-0.3, -0.25) is 4.79 Å². The highest BCUT2D eigenvalue weighted by atomic mass is 32.1. The normalized spacial score (nSPS) is 21.2. The number of Topliss-reactive ketones (excluding diaryl/α,β-unsaturated/α-hetero) is 1. The van der Waals surface area contributed by atoms with E-state index in [4.69, 9.17) is 4.74 Å². The van der Waals surface area contributed by atoms with E-state index in [9.17, 15) is 22.8 Å². The second-order valence-corrected chi connectivity index (χ2v) is 8.62. The minimum atomic E-state index is -4.81. The van der Waals surface area contributed by atoms with Gasteiger partial charge in [0.15, 0.2) is 5.78 Å². The third kappa shape index (κ3) is 4.29. The summed E-state index contributed by atoms with van der Waals surface area (Å²) in [5.41, 5.74) is 2.50. The standard InChI is InChI=1S/C23H20F3NO4S/c1-12-19(22(29)30-2)20(13-5-7-15(8-6-13)31-23(24,25)26)21-16(27-12)10-14(11-17(21)28)18-4-3-9-32-18/h3-9,14,20,27H,10-11H2,1-2H3/t14-,20+/m1/s1. The fraction of sp³-hybridized carbons (Fsp3) is 0.304. The number of carbonyl (C=O) groups excluding carboxylic acids is 2. The number of dihydropyridines is 1. The average Bonchev–Trinajstić information content (AvgIpc) is 3.26. The zero-order valence-corrected chi connectivity index (χ0v) is 18.1. The summed E-state index contributed by atoms with van der Waals surface area (Å²) in [6, 6.07) is 9.17. The van der Waals surface area contributed by atoms with E-state index in [1.807, 2.05) is 17.5 Å². The van der Waals surface area contributed by atoms with E-state index in [1.54, 1.807) is 18.3 Å². The number of esters is 1. The van der Waals surface area contributed by atoms with Gasteiger partial charge in [-0.2, -0.15) is 0 Å². The van der Waals surface area contributed by atoms with E-state index >= 15 is 0 Å². The lowest BCUT2D eigenvalue weighted by Crippen LogP contribution is -2.35. The molecular weight excluding hydrogens is 443 g/mol. The van der Waals surface area contributed by atoms with E-state index in [0.717, 1.165) is 10.6 Å². The van der Waals surface area contributed by atoms with Crippen molar-refractivity contribution in [2.45, 2.75) is 38.0 Å². The van der Waals surface area contributed by atoms with Gasteiger partial charge in [-0.25, -0.2) is 4.79 Å². The van der Waals surface area contributed by atoms with Crippen LogP contribution in [-0.2, 0) is 14.3 Å². The van der Waals surface area contributed by atoms with Crippen molar-refractivity contribution in [3.8, 4) is 5.75 Å². The SMILES string of the molecule is COC(=O)C1=C(C)NC2=C(C(=O)C[C@H](c3cccs3)C2)[C@H]1c1ccc(OC(F)(F)F)cc1. The highest BCUT2D eigenvalue weighted by Crippen LogP contribution is 2.46. The molecule has 9 heteroatoms. The molecule has 0 saturated carbocycles. The van der Waals surface area contributed by atoms with Crippen molar-refractivity contribution in [1.82, 2.24) is 5.32 Å².